The molecule has 0 bridgehead atoms. The minimum Gasteiger partial charge on any atom is -0.481 e. The fraction of sp³-hybridized carbons (Fsp3) is 0.385. The molecule has 1 rings (SSSR count). The van der Waals surface area contributed by atoms with Crippen molar-refractivity contribution >= 4 is 27.6 Å². The summed E-state index contributed by atoms with van der Waals surface area (Å²) in [5.74, 6) is -0.815. The second-order valence-electron chi connectivity index (χ2n) is 4.38. The number of nitriles is 1. The van der Waals surface area contributed by atoms with Crippen molar-refractivity contribution in [2.75, 3.05) is 11.9 Å². The molecule has 0 fully saturated rings. The van der Waals surface area contributed by atoms with E-state index in [1.807, 2.05) is 6.92 Å². The van der Waals surface area contributed by atoms with Crippen molar-refractivity contribution in [3.63, 3.8) is 0 Å². The zero-order valence-electron chi connectivity index (χ0n) is 10.3. The molecule has 0 aliphatic rings. The van der Waals surface area contributed by atoms with Crippen LogP contribution in [-0.4, -0.2) is 17.6 Å². The van der Waals surface area contributed by atoms with Crippen LogP contribution in [0.15, 0.2) is 22.7 Å². The maximum atomic E-state index is 11.1. The summed E-state index contributed by atoms with van der Waals surface area (Å²) in [4.78, 5) is 11.1. The first-order valence-electron chi connectivity index (χ1n) is 5.60. The van der Waals surface area contributed by atoms with E-state index >= 15 is 0 Å². The van der Waals surface area contributed by atoms with Crippen molar-refractivity contribution in [1.82, 2.24) is 0 Å². The number of rotatable bonds is 5. The average molecular weight is 311 g/mol. The summed E-state index contributed by atoms with van der Waals surface area (Å²) < 4.78 is 0.698. The van der Waals surface area contributed by atoms with Crippen LogP contribution in [0.1, 0.15) is 25.8 Å². The van der Waals surface area contributed by atoms with Crippen LogP contribution in [0.3, 0.4) is 0 Å². The highest BCUT2D eigenvalue weighted by Gasteiger charge is 2.30. The lowest BCUT2D eigenvalue weighted by Crippen LogP contribution is -2.34. The van der Waals surface area contributed by atoms with Crippen LogP contribution in [0, 0.1) is 16.7 Å². The molecule has 0 aliphatic carbocycles. The number of carboxylic acids is 1. The molecule has 1 atom stereocenters. The van der Waals surface area contributed by atoms with E-state index < -0.39 is 11.4 Å². The van der Waals surface area contributed by atoms with Crippen LogP contribution in [0.5, 0.6) is 0 Å². The molecule has 0 amide bonds. The molecule has 1 aromatic carbocycles. The predicted octanol–water partition coefficient (Wildman–Crippen LogP) is 3.23. The molecule has 1 aromatic rings. The van der Waals surface area contributed by atoms with Gasteiger partial charge in [0.25, 0.3) is 0 Å². The van der Waals surface area contributed by atoms with Gasteiger partial charge in [0.05, 0.1) is 11.0 Å². The molecule has 18 heavy (non-hydrogen) atoms. The summed E-state index contributed by atoms with van der Waals surface area (Å²) >= 11 is 3.29. The van der Waals surface area contributed by atoms with Crippen molar-refractivity contribution in [2.24, 2.45) is 5.41 Å². The number of carboxylic acid groups (broad SMARTS) is 1. The van der Waals surface area contributed by atoms with E-state index in [2.05, 4.69) is 27.3 Å². The molecule has 0 heterocycles. The monoisotopic (exact) mass is 310 g/mol. The Bertz CT molecular complexity index is 496. The largest absolute Gasteiger partial charge is 0.481 e. The second kappa shape index (κ2) is 5.87. The number of halogens is 1. The molecule has 5 heteroatoms. The van der Waals surface area contributed by atoms with Crippen LogP contribution in [-0.2, 0) is 4.79 Å². The number of benzene rings is 1. The van der Waals surface area contributed by atoms with Gasteiger partial charge in [-0.15, -0.1) is 0 Å². The van der Waals surface area contributed by atoms with Crippen LogP contribution in [0.4, 0.5) is 5.69 Å². The van der Waals surface area contributed by atoms with Gasteiger partial charge in [-0.2, -0.15) is 5.26 Å². The normalized spacial score (nSPS) is 13.4. The van der Waals surface area contributed by atoms with E-state index in [9.17, 15) is 4.79 Å². The Balaban J connectivity index is 2.78. The Labute approximate surface area is 115 Å². The number of nitrogens with zero attached hydrogens (tertiary/aromatic N) is 1. The molecule has 0 saturated carbocycles. The van der Waals surface area contributed by atoms with Gasteiger partial charge in [0.15, 0.2) is 0 Å². The smallest absolute Gasteiger partial charge is 0.311 e. The first-order chi connectivity index (χ1) is 8.42. The molecular formula is C13H15BrN2O2. The first kappa shape index (κ1) is 14.5. The minimum absolute atomic E-state index is 0.344. The van der Waals surface area contributed by atoms with Crippen molar-refractivity contribution < 1.29 is 9.90 Å². The highest BCUT2D eigenvalue weighted by molar-refractivity contribution is 9.10. The van der Waals surface area contributed by atoms with Crippen LogP contribution in [0.25, 0.3) is 0 Å². The fourth-order valence-corrected chi connectivity index (χ4v) is 1.83. The average Bonchev–Trinajstić information content (AvgIpc) is 2.35. The summed E-state index contributed by atoms with van der Waals surface area (Å²) in [5, 5.41) is 21.0. The van der Waals surface area contributed by atoms with Gasteiger partial charge < -0.3 is 10.4 Å². The van der Waals surface area contributed by atoms with Gasteiger partial charge in [-0.25, -0.2) is 0 Å². The van der Waals surface area contributed by atoms with Gasteiger partial charge in [-0.3, -0.25) is 4.79 Å². The quantitative estimate of drug-likeness (QED) is 0.875. The maximum Gasteiger partial charge on any atom is 0.311 e. The minimum atomic E-state index is -0.815. The molecule has 0 saturated heterocycles. The first-order valence-corrected chi connectivity index (χ1v) is 6.39. The summed E-state index contributed by atoms with van der Waals surface area (Å²) in [6.07, 6.45) is 0.548. The SMILES string of the molecule is CCC(C)(CNc1ccc(C#N)c(Br)c1)C(=O)O. The van der Waals surface area contributed by atoms with Crippen molar-refractivity contribution in [1.29, 1.82) is 5.26 Å². The van der Waals surface area contributed by atoms with Crippen LogP contribution >= 0.6 is 15.9 Å². The molecule has 96 valence electrons. The van der Waals surface area contributed by atoms with Gasteiger partial charge in [0.2, 0.25) is 0 Å². The van der Waals surface area contributed by atoms with E-state index in [0.29, 0.717) is 23.0 Å². The van der Waals surface area contributed by atoms with Gasteiger partial charge in [0.1, 0.15) is 6.07 Å². The number of carbonyl (C=O) groups is 1. The molecule has 1 unspecified atom stereocenters. The van der Waals surface area contributed by atoms with Crippen molar-refractivity contribution in [3.8, 4) is 6.07 Å². The Morgan fingerprint density at radius 3 is 2.72 bits per heavy atom. The van der Waals surface area contributed by atoms with E-state index in [4.69, 9.17) is 10.4 Å². The number of aliphatic carboxylic acids is 1. The molecule has 0 radical (unpaired) electrons. The third-order valence-electron chi connectivity index (χ3n) is 3.07. The number of hydrogen-bond donors (Lipinski definition) is 2. The summed E-state index contributed by atoms with van der Waals surface area (Å²) in [6.45, 7) is 3.91. The van der Waals surface area contributed by atoms with Gasteiger partial charge in [-0.05, 0) is 47.5 Å². The third-order valence-corrected chi connectivity index (χ3v) is 3.72. The zero-order valence-corrected chi connectivity index (χ0v) is 11.9. The molecule has 0 spiro atoms. The Morgan fingerprint density at radius 2 is 2.28 bits per heavy atom. The van der Waals surface area contributed by atoms with E-state index in [-0.39, 0.29) is 0 Å². The van der Waals surface area contributed by atoms with Gasteiger partial charge >= 0.3 is 5.97 Å². The van der Waals surface area contributed by atoms with Gasteiger partial charge in [0, 0.05) is 16.7 Å². The standard InChI is InChI=1S/C13H15BrN2O2/c1-3-13(2,12(17)18)8-16-10-5-4-9(7-15)11(14)6-10/h4-6,16H,3,8H2,1-2H3,(H,17,18). The fourth-order valence-electron chi connectivity index (χ4n) is 1.36. The topological polar surface area (TPSA) is 73.1 Å². The van der Waals surface area contributed by atoms with E-state index in [1.54, 1.807) is 25.1 Å². The highest BCUT2D eigenvalue weighted by Crippen LogP contribution is 2.25. The third kappa shape index (κ3) is 3.23. The van der Waals surface area contributed by atoms with Crippen molar-refractivity contribution in [2.45, 2.75) is 20.3 Å². The Kier molecular flexibility index (Phi) is 4.74. The van der Waals surface area contributed by atoms with Crippen LogP contribution < -0.4 is 5.32 Å². The zero-order chi connectivity index (χ0) is 13.8. The molecule has 2 N–H and O–H groups in total. The number of hydrogen-bond acceptors (Lipinski definition) is 3. The lowest BCUT2D eigenvalue weighted by atomic mass is 9.87. The second-order valence-corrected chi connectivity index (χ2v) is 5.23. The summed E-state index contributed by atoms with van der Waals surface area (Å²) in [6, 6.07) is 7.29. The number of nitrogens with one attached hydrogen (secondary N) is 1. The van der Waals surface area contributed by atoms with E-state index in [1.165, 1.54) is 0 Å². The highest BCUT2D eigenvalue weighted by atomic mass is 79.9. The summed E-state index contributed by atoms with van der Waals surface area (Å²) in [7, 11) is 0. The number of anilines is 1. The van der Waals surface area contributed by atoms with Crippen molar-refractivity contribution in [3.05, 3.63) is 28.2 Å². The van der Waals surface area contributed by atoms with Crippen LogP contribution in [0.2, 0.25) is 0 Å². The molecule has 0 aliphatic heterocycles. The lowest BCUT2D eigenvalue weighted by molar-refractivity contribution is -0.147. The lowest BCUT2D eigenvalue weighted by Gasteiger charge is -2.24. The molecule has 4 nitrogen and oxygen atoms in total. The Hall–Kier alpha value is -1.54. The molecular weight excluding hydrogens is 296 g/mol. The van der Waals surface area contributed by atoms with E-state index in [0.717, 1.165) is 5.69 Å². The maximum absolute atomic E-state index is 11.1. The summed E-state index contributed by atoms with van der Waals surface area (Å²) in [5.41, 5.74) is 0.555. The predicted molar refractivity (Wildman–Crippen MR) is 73.4 cm³/mol. The Morgan fingerprint density at radius 1 is 1.61 bits per heavy atom. The molecule has 0 aromatic heterocycles. The van der Waals surface area contributed by atoms with Gasteiger partial charge in [-0.1, -0.05) is 6.92 Å².